The minimum Gasteiger partial charge on any atom is -0.396 e. The first kappa shape index (κ1) is 13.3. The number of nitrogens with two attached hydrogens (primary N) is 2. The largest absolute Gasteiger partial charge is 0.396 e. The third-order valence-corrected chi connectivity index (χ3v) is 3.90. The van der Waals surface area contributed by atoms with Crippen LogP contribution >= 0.6 is 0 Å². The quantitative estimate of drug-likeness (QED) is 0.593. The second-order valence-electron chi connectivity index (χ2n) is 5.27. The second kappa shape index (κ2) is 4.81. The summed E-state index contributed by atoms with van der Waals surface area (Å²) in [5.74, 6) is -0.588. The second-order valence-corrected chi connectivity index (χ2v) is 5.27. The molecule has 0 aliphatic heterocycles. The van der Waals surface area contributed by atoms with E-state index in [1.807, 2.05) is 42.6 Å². The van der Waals surface area contributed by atoms with E-state index in [9.17, 15) is 4.79 Å². The van der Waals surface area contributed by atoms with Gasteiger partial charge in [-0.2, -0.15) is 5.10 Å². The molecule has 112 valence electrons. The Hall–Kier alpha value is -3.41. The molecule has 0 aliphatic rings. The number of amides is 1. The maximum Gasteiger partial charge on any atom is 0.252 e. The molecule has 0 bridgehead atoms. The van der Waals surface area contributed by atoms with Gasteiger partial charge in [-0.3, -0.25) is 9.78 Å². The monoisotopic (exact) mass is 303 g/mol. The predicted molar refractivity (Wildman–Crippen MR) is 88.9 cm³/mol. The third kappa shape index (κ3) is 2.00. The van der Waals surface area contributed by atoms with Crippen LogP contribution in [-0.2, 0) is 0 Å². The number of nitrogens with zero attached hydrogens (tertiary/aromatic N) is 3. The third-order valence-electron chi connectivity index (χ3n) is 3.90. The number of primary amides is 1. The van der Waals surface area contributed by atoms with E-state index >= 15 is 0 Å². The van der Waals surface area contributed by atoms with Gasteiger partial charge < -0.3 is 11.5 Å². The number of carbonyl (C=O) groups excluding carboxylic acids is 1. The van der Waals surface area contributed by atoms with Gasteiger partial charge in [0.15, 0.2) is 0 Å². The van der Waals surface area contributed by atoms with Gasteiger partial charge in [0.2, 0.25) is 0 Å². The summed E-state index contributed by atoms with van der Waals surface area (Å²) in [6.45, 7) is 0. The Kier molecular flexibility index (Phi) is 2.77. The number of carbonyl (C=O) groups is 1. The summed E-state index contributed by atoms with van der Waals surface area (Å²) in [5, 5.41) is 5.25. The van der Waals surface area contributed by atoms with Crippen molar-refractivity contribution in [1.29, 1.82) is 0 Å². The first-order valence-corrected chi connectivity index (χ1v) is 7.06. The number of anilines is 1. The molecule has 1 amide bonds. The lowest BCUT2D eigenvalue weighted by molar-refractivity contribution is 0.100. The molecule has 4 aromatic rings. The molecule has 0 unspecified atom stereocenters. The van der Waals surface area contributed by atoms with Crippen LogP contribution in [-0.4, -0.2) is 20.5 Å². The zero-order valence-electron chi connectivity index (χ0n) is 12.1. The van der Waals surface area contributed by atoms with E-state index < -0.39 is 5.91 Å². The first-order valence-electron chi connectivity index (χ1n) is 7.06. The number of aromatic nitrogens is 3. The van der Waals surface area contributed by atoms with Crippen LogP contribution < -0.4 is 11.5 Å². The molecule has 0 spiro atoms. The van der Waals surface area contributed by atoms with Crippen LogP contribution in [0.3, 0.4) is 0 Å². The molecule has 3 heterocycles. The Bertz CT molecular complexity index is 1060. The summed E-state index contributed by atoms with van der Waals surface area (Å²) in [5.41, 5.74) is 15.5. The fourth-order valence-electron chi connectivity index (χ4n) is 2.77. The number of pyridine rings is 1. The lowest BCUT2D eigenvalue weighted by Gasteiger charge is -2.03. The van der Waals surface area contributed by atoms with Gasteiger partial charge in [0.05, 0.1) is 28.5 Å². The van der Waals surface area contributed by atoms with Crippen LogP contribution in [0.2, 0.25) is 0 Å². The average Bonchev–Trinajstić information content (AvgIpc) is 2.99. The Labute approximate surface area is 131 Å². The molecule has 6 heteroatoms. The summed E-state index contributed by atoms with van der Waals surface area (Å²) in [7, 11) is 0. The highest BCUT2D eigenvalue weighted by atomic mass is 16.1. The van der Waals surface area contributed by atoms with E-state index in [2.05, 4.69) is 10.1 Å². The standard InChI is InChI=1S/C17H13N5O/c18-16-13(17(19)23)8-21-22-9-10(7-15(16)22)11-3-1-5-14-12(11)4-2-6-20-14/h1-9H,18H2,(H2,19,23). The van der Waals surface area contributed by atoms with Gasteiger partial charge >= 0.3 is 0 Å². The molecule has 0 fully saturated rings. The summed E-state index contributed by atoms with van der Waals surface area (Å²) in [6, 6.07) is 11.8. The molecule has 23 heavy (non-hydrogen) atoms. The minimum absolute atomic E-state index is 0.224. The summed E-state index contributed by atoms with van der Waals surface area (Å²) < 4.78 is 1.65. The van der Waals surface area contributed by atoms with Crippen LogP contribution in [0.4, 0.5) is 5.69 Å². The van der Waals surface area contributed by atoms with Gasteiger partial charge in [-0.05, 0) is 23.8 Å². The van der Waals surface area contributed by atoms with Gasteiger partial charge in [-0.15, -0.1) is 0 Å². The summed E-state index contributed by atoms with van der Waals surface area (Å²) in [4.78, 5) is 15.8. The highest BCUT2D eigenvalue weighted by Crippen LogP contribution is 2.31. The van der Waals surface area contributed by atoms with Gasteiger partial charge in [0.25, 0.3) is 5.91 Å². The fraction of sp³-hybridized carbons (Fsp3) is 0. The van der Waals surface area contributed by atoms with Crippen molar-refractivity contribution in [2.45, 2.75) is 0 Å². The van der Waals surface area contributed by atoms with Gasteiger partial charge in [-0.25, -0.2) is 4.52 Å². The van der Waals surface area contributed by atoms with Crippen molar-refractivity contribution in [1.82, 2.24) is 14.6 Å². The molecule has 3 aromatic heterocycles. The normalized spacial score (nSPS) is 11.1. The first-order chi connectivity index (χ1) is 11.1. The molecule has 6 nitrogen and oxygen atoms in total. The van der Waals surface area contributed by atoms with Crippen LogP contribution in [0, 0.1) is 0 Å². The smallest absolute Gasteiger partial charge is 0.252 e. The SMILES string of the molecule is NC(=O)c1cnn2cc(-c3cccc4ncccc34)cc2c1N. The molecule has 0 atom stereocenters. The number of fused-ring (bicyclic) bond motifs is 2. The lowest BCUT2D eigenvalue weighted by Crippen LogP contribution is -2.15. The lowest BCUT2D eigenvalue weighted by atomic mass is 10.0. The van der Waals surface area contributed by atoms with Crippen molar-refractivity contribution in [3.63, 3.8) is 0 Å². The van der Waals surface area contributed by atoms with Crippen molar-refractivity contribution in [2.24, 2.45) is 5.73 Å². The Morgan fingerprint density at radius 2 is 2.04 bits per heavy atom. The number of hydrogen-bond donors (Lipinski definition) is 2. The zero-order valence-corrected chi connectivity index (χ0v) is 12.1. The summed E-state index contributed by atoms with van der Waals surface area (Å²) in [6.07, 6.45) is 5.03. The van der Waals surface area contributed by atoms with E-state index in [1.165, 1.54) is 6.20 Å². The molecule has 4 N–H and O–H groups in total. The van der Waals surface area contributed by atoms with Crippen molar-refractivity contribution in [3.8, 4) is 11.1 Å². The van der Waals surface area contributed by atoms with Crippen molar-refractivity contribution >= 4 is 28.0 Å². The molecule has 4 rings (SSSR count). The fourth-order valence-corrected chi connectivity index (χ4v) is 2.77. The van der Waals surface area contributed by atoms with Crippen LogP contribution in [0.5, 0.6) is 0 Å². The van der Waals surface area contributed by atoms with E-state index in [0.29, 0.717) is 11.2 Å². The molecular weight excluding hydrogens is 290 g/mol. The maximum absolute atomic E-state index is 11.4. The molecule has 0 aliphatic carbocycles. The number of benzene rings is 1. The highest BCUT2D eigenvalue weighted by molar-refractivity contribution is 6.02. The number of rotatable bonds is 2. The molecular formula is C17H13N5O. The van der Waals surface area contributed by atoms with Crippen LogP contribution in [0.1, 0.15) is 10.4 Å². The Morgan fingerprint density at radius 3 is 2.87 bits per heavy atom. The average molecular weight is 303 g/mol. The predicted octanol–water partition coefficient (Wildman–Crippen LogP) is 2.23. The maximum atomic E-state index is 11.4. The molecule has 0 saturated heterocycles. The minimum atomic E-state index is -0.588. The molecule has 0 saturated carbocycles. The summed E-state index contributed by atoms with van der Waals surface area (Å²) >= 11 is 0. The topological polar surface area (TPSA) is 99.3 Å². The van der Waals surface area contributed by atoms with Crippen molar-refractivity contribution in [2.75, 3.05) is 5.73 Å². The zero-order chi connectivity index (χ0) is 16.0. The van der Waals surface area contributed by atoms with Crippen LogP contribution in [0.15, 0.2) is 55.0 Å². The van der Waals surface area contributed by atoms with E-state index in [1.54, 1.807) is 10.7 Å². The molecule has 1 aromatic carbocycles. The van der Waals surface area contributed by atoms with Gasteiger partial charge in [0.1, 0.15) is 0 Å². The van der Waals surface area contributed by atoms with Crippen molar-refractivity contribution in [3.05, 3.63) is 60.6 Å². The highest BCUT2D eigenvalue weighted by Gasteiger charge is 2.13. The van der Waals surface area contributed by atoms with Crippen LogP contribution in [0.25, 0.3) is 27.5 Å². The Morgan fingerprint density at radius 1 is 1.17 bits per heavy atom. The van der Waals surface area contributed by atoms with E-state index in [-0.39, 0.29) is 5.56 Å². The number of hydrogen-bond acceptors (Lipinski definition) is 4. The van der Waals surface area contributed by atoms with E-state index in [0.717, 1.165) is 22.0 Å². The van der Waals surface area contributed by atoms with E-state index in [4.69, 9.17) is 11.5 Å². The van der Waals surface area contributed by atoms with Gasteiger partial charge in [-0.1, -0.05) is 18.2 Å². The Balaban J connectivity index is 1.99. The van der Waals surface area contributed by atoms with Crippen molar-refractivity contribution < 1.29 is 4.79 Å². The number of nitrogen functional groups attached to an aromatic ring is 1. The van der Waals surface area contributed by atoms with Gasteiger partial charge in [0, 0.05) is 23.3 Å². The molecule has 0 radical (unpaired) electrons.